The molecule has 0 aliphatic carbocycles. The van der Waals surface area contributed by atoms with Crippen LogP contribution in [0.2, 0.25) is 0 Å². The van der Waals surface area contributed by atoms with Gasteiger partial charge in [-0.2, -0.15) is 0 Å². The van der Waals surface area contributed by atoms with Gasteiger partial charge in [0.25, 0.3) is 0 Å². The quantitative estimate of drug-likeness (QED) is 0.689. The molecule has 0 spiro atoms. The molecule has 128 valence electrons. The fraction of sp³-hybridized carbons (Fsp3) is 0.211. The number of imidazole rings is 1. The van der Waals surface area contributed by atoms with Crippen LogP contribution in [0.1, 0.15) is 23.5 Å². The first-order chi connectivity index (χ1) is 12.1. The highest BCUT2D eigenvalue weighted by Gasteiger charge is 2.17. The van der Waals surface area contributed by atoms with E-state index in [1.165, 1.54) is 18.3 Å². The number of aromatic nitrogens is 2. The van der Waals surface area contributed by atoms with E-state index < -0.39 is 0 Å². The summed E-state index contributed by atoms with van der Waals surface area (Å²) in [5, 5.41) is 4.79. The van der Waals surface area contributed by atoms with Crippen LogP contribution in [-0.4, -0.2) is 27.8 Å². The molecule has 2 aromatic heterocycles. The van der Waals surface area contributed by atoms with E-state index >= 15 is 0 Å². The van der Waals surface area contributed by atoms with Gasteiger partial charge in [0.1, 0.15) is 0 Å². The fourth-order valence-electron chi connectivity index (χ4n) is 2.66. The molecule has 1 amide bonds. The maximum Gasteiger partial charge on any atom is 0.216 e. The molecule has 0 aliphatic heterocycles. The lowest BCUT2D eigenvalue weighted by Gasteiger charge is -2.09. The second-order valence-electron chi connectivity index (χ2n) is 5.74. The number of thiophene rings is 1. The third-order valence-corrected chi connectivity index (χ3v) is 4.86. The third kappa shape index (κ3) is 3.85. The number of hydrogen-bond acceptors (Lipinski definition) is 4. The van der Waals surface area contributed by atoms with E-state index in [9.17, 15) is 9.59 Å². The van der Waals surface area contributed by atoms with Gasteiger partial charge in [-0.3, -0.25) is 9.59 Å². The first-order valence-electron chi connectivity index (χ1n) is 8.01. The van der Waals surface area contributed by atoms with Crippen molar-refractivity contribution in [2.75, 3.05) is 6.54 Å². The topological polar surface area (TPSA) is 64.0 Å². The molecule has 3 rings (SSSR count). The molecule has 6 heteroatoms. The maximum atomic E-state index is 11.7. The van der Waals surface area contributed by atoms with Gasteiger partial charge in [0.15, 0.2) is 5.78 Å². The van der Waals surface area contributed by atoms with E-state index in [2.05, 4.69) is 10.3 Å². The molecule has 1 N–H and O–H groups in total. The van der Waals surface area contributed by atoms with Crippen molar-refractivity contribution in [1.29, 1.82) is 0 Å². The Hall–Kier alpha value is -2.73. The molecule has 1 aromatic carbocycles. The van der Waals surface area contributed by atoms with E-state index in [0.29, 0.717) is 13.1 Å². The Labute approximate surface area is 150 Å². The zero-order chi connectivity index (χ0) is 17.8. The average Bonchev–Trinajstić information content (AvgIpc) is 3.22. The second kappa shape index (κ2) is 7.44. The van der Waals surface area contributed by atoms with Crippen molar-refractivity contribution in [2.24, 2.45) is 0 Å². The minimum absolute atomic E-state index is 0.0562. The molecule has 3 aromatic rings. The lowest BCUT2D eigenvalue weighted by molar-refractivity contribution is -0.118. The highest BCUT2D eigenvalue weighted by molar-refractivity contribution is 7.12. The number of carbonyl (C=O) groups excluding carboxylic acids is 2. The van der Waals surface area contributed by atoms with Gasteiger partial charge in [0, 0.05) is 36.5 Å². The summed E-state index contributed by atoms with van der Waals surface area (Å²) in [4.78, 5) is 28.1. The van der Waals surface area contributed by atoms with E-state index in [0.717, 1.165) is 27.4 Å². The minimum atomic E-state index is -0.0562. The number of benzene rings is 1. The van der Waals surface area contributed by atoms with Crippen LogP contribution in [0.25, 0.3) is 22.5 Å². The molecule has 0 atom stereocenters. The normalized spacial score (nSPS) is 10.6. The zero-order valence-corrected chi connectivity index (χ0v) is 15.0. The van der Waals surface area contributed by atoms with Crippen molar-refractivity contribution in [2.45, 2.75) is 20.4 Å². The number of amides is 1. The van der Waals surface area contributed by atoms with Crippen LogP contribution in [0.15, 0.2) is 48.1 Å². The van der Waals surface area contributed by atoms with Crippen molar-refractivity contribution >= 4 is 23.0 Å². The molecule has 5 nitrogen and oxygen atoms in total. The number of ketones is 1. The van der Waals surface area contributed by atoms with Gasteiger partial charge >= 0.3 is 0 Å². The molecular weight excluding hydrogens is 334 g/mol. The summed E-state index contributed by atoms with van der Waals surface area (Å²) in [5.41, 5.74) is 3.82. The molecule has 0 unspecified atom stereocenters. The summed E-state index contributed by atoms with van der Waals surface area (Å²) in [6.45, 7) is 4.21. The SMILES string of the molecule is CC(=O)NCCn1cnc(-c2ccccc2)c1-c1csc(C(C)=O)c1. The Balaban J connectivity index is 2.02. The summed E-state index contributed by atoms with van der Waals surface area (Å²) < 4.78 is 2.02. The van der Waals surface area contributed by atoms with Crippen LogP contribution in [0.5, 0.6) is 0 Å². The number of Topliss-reactive ketones (excluding diaryl/α,β-unsaturated/α-hetero) is 1. The van der Waals surface area contributed by atoms with Crippen molar-refractivity contribution in [1.82, 2.24) is 14.9 Å². The lowest BCUT2D eigenvalue weighted by Crippen LogP contribution is -2.24. The van der Waals surface area contributed by atoms with Gasteiger partial charge < -0.3 is 9.88 Å². The number of hydrogen-bond donors (Lipinski definition) is 1. The van der Waals surface area contributed by atoms with Crippen LogP contribution < -0.4 is 5.32 Å². The number of nitrogens with one attached hydrogen (secondary N) is 1. The number of nitrogens with zero attached hydrogens (tertiary/aromatic N) is 2. The van der Waals surface area contributed by atoms with Gasteiger partial charge in [-0.15, -0.1) is 11.3 Å². The third-order valence-electron chi connectivity index (χ3n) is 3.83. The monoisotopic (exact) mass is 353 g/mol. The number of rotatable bonds is 6. The Kier molecular flexibility index (Phi) is 5.09. The summed E-state index contributed by atoms with van der Waals surface area (Å²) in [5.74, 6) is 0.00108. The van der Waals surface area contributed by atoms with Crippen LogP contribution in [0.4, 0.5) is 0 Å². The molecule has 0 bridgehead atoms. The predicted octanol–water partition coefficient (Wildman–Crippen LogP) is 3.62. The Morgan fingerprint density at radius 3 is 2.56 bits per heavy atom. The first-order valence-corrected chi connectivity index (χ1v) is 8.89. The summed E-state index contributed by atoms with van der Waals surface area (Å²) in [6.07, 6.45) is 1.78. The van der Waals surface area contributed by atoms with Crippen LogP contribution >= 0.6 is 11.3 Å². The van der Waals surface area contributed by atoms with Crippen LogP contribution in [-0.2, 0) is 11.3 Å². The van der Waals surface area contributed by atoms with E-state index in [-0.39, 0.29) is 11.7 Å². The summed E-state index contributed by atoms with van der Waals surface area (Å²) >= 11 is 1.44. The smallest absolute Gasteiger partial charge is 0.216 e. The molecule has 0 saturated carbocycles. The van der Waals surface area contributed by atoms with E-state index in [4.69, 9.17) is 0 Å². The highest BCUT2D eigenvalue weighted by atomic mass is 32.1. The van der Waals surface area contributed by atoms with Crippen molar-refractivity contribution in [3.05, 3.63) is 53.0 Å². The summed E-state index contributed by atoms with van der Waals surface area (Å²) in [7, 11) is 0. The van der Waals surface area contributed by atoms with Crippen molar-refractivity contribution in [3.8, 4) is 22.5 Å². The standard InChI is InChI=1S/C19H19N3O2S/c1-13(23)17-10-16(11-25-17)19-18(15-6-4-3-5-7-15)21-12-22(19)9-8-20-14(2)24/h3-7,10-12H,8-9H2,1-2H3,(H,20,24). The zero-order valence-electron chi connectivity index (χ0n) is 14.2. The van der Waals surface area contributed by atoms with Gasteiger partial charge in [0.2, 0.25) is 5.91 Å². The van der Waals surface area contributed by atoms with Gasteiger partial charge in [0.05, 0.1) is 22.6 Å². The lowest BCUT2D eigenvalue weighted by atomic mass is 10.1. The average molecular weight is 353 g/mol. The number of carbonyl (C=O) groups is 2. The van der Waals surface area contributed by atoms with Gasteiger partial charge in [-0.05, 0) is 13.0 Å². The fourth-order valence-corrected chi connectivity index (χ4v) is 3.45. The maximum absolute atomic E-state index is 11.7. The van der Waals surface area contributed by atoms with Gasteiger partial charge in [-0.25, -0.2) is 4.98 Å². The Morgan fingerprint density at radius 2 is 1.92 bits per heavy atom. The van der Waals surface area contributed by atoms with Crippen LogP contribution in [0.3, 0.4) is 0 Å². The molecule has 0 aliphatic rings. The molecule has 25 heavy (non-hydrogen) atoms. The van der Waals surface area contributed by atoms with E-state index in [1.54, 1.807) is 13.3 Å². The van der Waals surface area contributed by atoms with Crippen LogP contribution in [0, 0.1) is 0 Å². The van der Waals surface area contributed by atoms with Crippen molar-refractivity contribution < 1.29 is 9.59 Å². The minimum Gasteiger partial charge on any atom is -0.355 e. The van der Waals surface area contributed by atoms with Crippen molar-refractivity contribution in [3.63, 3.8) is 0 Å². The summed E-state index contributed by atoms with van der Waals surface area (Å²) in [6, 6.07) is 11.9. The predicted molar refractivity (Wildman–Crippen MR) is 99.7 cm³/mol. The second-order valence-corrected chi connectivity index (χ2v) is 6.65. The largest absolute Gasteiger partial charge is 0.355 e. The van der Waals surface area contributed by atoms with E-state index in [1.807, 2.05) is 46.3 Å². The Bertz CT molecular complexity index is 897. The molecular formula is C19H19N3O2S. The molecule has 0 radical (unpaired) electrons. The highest BCUT2D eigenvalue weighted by Crippen LogP contribution is 2.34. The molecule has 2 heterocycles. The molecule has 0 fully saturated rings. The molecule has 0 saturated heterocycles. The van der Waals surface area contributed by atoms with Gasteiger partial charge in [-0.1, -0.05) is 30.3 Å². The first kappa shape index (κ1) is 17.1. The Morgan fingerprint density at radius 1 is 1.16 bits per heavy atom.